The molecule has 26 heavy (non-hydrogen) atoms. The molecule has 9 heteroatoms. The van der Waals surface area contributed by atoms with E-state index in [-0.39, 0.29) is 17.1 Å². The van der Waals surface area contributed by atoms with Crippen LogP contribution in [0.5, 0.6) is 0 Å². The van der Waals surface area contributed by atoms with Gasteiger partial charge in [-0.3, -0.25) is 0 Å². The van der Waals surface area contributed by atoms with Crippen LogP contribution in [0.2, 0.25) is 0 Å². The summed E-state index contributed by atoms with van der Waals surface area (Å²) in [5, 5.41) is 0. The molecule has 0 spiro atoms. The summed E-state index contributed by atoms with van der Waals surface area (Å²) in [6.45, 7) is 2.45. The van der Waals surface area contributed by atoms with Gasteiger partial charge < -0.3 is 4.74 Å². The highest BCUT2D eigenvalue weighted by Gasteiger charge is 2.41. The molecular formula is C17H14F5NO2S. The van der Waals surface area contributed by atoms with Gasteiger partial charge in [0, 0.05) is 9.79 Å². The number of pyridine rings is 1. The lowest BCUT2D eigenvalue weighted by Gasteiger charge is -2.19. The lowest BCUT2D eigenvalue weighted by atomic mass is 10.1. The predicted molar refractivity (Wildman–Crippen MR) is 85.5 cm³/mol. The number of benzene rings is 1. The second-order valence-electron chi connectivity index (χ2n) is 5.11. The van der Waals surface area contributed by atoms with Crippen LogP contribution in [0.15, 0.2) is 40.1 Å². The molecule has 1 aromatic carbocycles. The van der Waals surface area contributed by atoms with Crippen molar-refractivity contribution in [1.29, 1.82) is 0 Å². The zero-order valence-corrected chi connectivity index (χ0v) is 14.5. The minimum atomic E-state index is -5.08. The van der Waals surface area contributed by atoms with Crippen molar-refractivity contribution in [2.24, 2.45) is 0 Å². The van der Waals surface area contributed by atoms with Crippen LogP contribution < -0.4 is 0 Å². The van der Waals surface area contributed by atoms with E-state index in [2.05, 4.69) is 9.72 Å². The second kappa shape index (κ2) is 8.03. The first kappa shape index (κ1) is 20.2. The lowest BCUT2D eigenvalue weighted by molar-refractivity contribution is -0.142. The third kappa shape index (κ3) is 4.32. The van der Waals surface area contributed by atoms with E-state index in [1.807, 2.05) is 0 Å². The van der Waals surface area contributed by atoms with Crippen molar-refractivity contribution in [2.75, 3.05) is 6.61 Å². The van der Waals surface area contributed by atoms with Gasteiger partial charge in [-0.1, -0.05) is 30.0 Å². The molecule has 3 nitrogen and oxygen atoms in total. The number of nitrogens with zero attached hydrogens (tertiary/aromatic N) is 1. The molecule has 0 amide bonds. The second-order valence-corrected chi connectivity index (χ2v) is 6.19. The largest absolute Gasteiger partial charge is 0.462 e. The molecule has 0 N–H and O–H groups in total. The average Bonchev–Trinajstić information content (AvgIpc) is 2.56. The monoisotopic (exact) mass is 391 g/mol. The molecule has 0 aliphatic carbocycles. The van der Waals surface area contributed by atoms with Crippen molar-refractivity contribution >= 4 is 17.7 Å². The first-order chi connectivity index (χ1) is 12.2. The van der Waals surface area contributed by atoms with E-state index in [1.54, 1.807) is 30.3 Å². The van der Waals surface area contributed by atoms with Crippen molar-refractivity contribution in [1.82, 2.24) is 4.98 Å². The lowest BCUT2D eigenvalue weighted by Crippen LogP contribution is -2.21. The Morgan fingerprint density at radius 2 is 1.85 bits per heavy atom. The summed E-state index contributed by atoms with van der Waals surface area (Å²) in [6.07, 6.45) is -8.32. The standard InChI is InChI=1S/C17H14F5NO2S/c1-3-25-16(24)11-9(2)13(26-10-7-5-4-6-8-10)12(15(18)19)23-14(11)17(20,21)22/h4-8,15H,3H2,1-2H3. The fraction of sp³-hybridized carbons (Fsp3) is 0.294. The minimum Gasteiger partial charge on any atom is -0.462 e. The van der Waals surface area contributed by atoms with Crippen LogP contribution in [0, 0.1) is 6.92 Å². The van der Waals surface area contributed by atoms with Gasteiger partial charge in [0.15, 0.2) is 5.69 Å². The molecule has 1 heterocycles. The number of aromatic nitrogens is 1. The maximum absolute atomic E-state index is 13.4. The summed E-state index contributed by atoms with van der Waals surface area (Å²) in [6, 6.07) is 8.25. The number of hydrogen-bond donors (Lipinski definition) is 0. The molecule has 0 atom stereocenters. The van der Waals surface area contributed by atoms with Gasteiger partial charge in [-0.15, -0.1) is 0 Å². The van der Waals surface area contributed by atoms with Gasteiger partial charge in [-0.2, -0.15) is 13.2 Å². The Labute approximate surface area is 150 Å². The molecular weight excluding hydrogens is 377 g/mol. The number of rotatable bonds is 5. The Morgan fingerprint density at radius 3 is 2.35 bits per heavy atom. The normalized spacial score (nSPS) is 11.7. The van der Waals surface area contributed by atoms with Gasteiger partial charge in [0.1, 0.15) is 5.69 Å². The smallest absolute Gasteiger partial charge is 0.434 e. The molecule has 0 saturated carbocycles. The van der Waals surface area contributed by atoms with Crippen LogP contribution in [0.3, 0.4) is 0 Å². The topological polar surface area (TPSA) is 39.2 Å². The summed E-state index contributed by atoms with van der Waals surface area (Å²) in [4.78, 5) is 15.5. The van der Waals surface area contributed by atoms with E-state index < -0.39 is 35.5 Å². The predicted octanol–water partition coefficient (Wildman–Crippen LogP) is 5.67. The fourth-order valence-corrected chi connectivity index (χ4v) is 3.28. The summed E-state index contributed by atoms with van der Waals surface area (Å²) in [5.74, 6) is -1.25. The third-order valence-electron chi connectivity index (χ3n) is 3.34. The van der Waals surface area contributed by atoms with Crippen molar-refractivity contribution in [3.8, 4) is 0 Å². The zero-order valence-electron chi connectivity index (χ0n) is 13.7. The number of halogens is 5. The Balaban J connectivity index is 2.73. The van der Waals surface area contributed by atoms with Crippen LogP contribution in [0.4, 0.5) is 22.0 Å². The van der Waals surface area contributed by atoms with Crippen LogP contribution in [0.1, 0.15) is 40.7 Å². The van der Waals surface area contributed by atoms with Gasteiger partial charge in [-0.25, -0.2) is 18.6 Å². The van der Waals surface area contributed by atoms with Gasteiger partial charge in [0.25, 0.3) is 6.43 Å². The van der Waals surface area contributed by atoms with Gasteiger partial charge in [0.05, 0.1) is 12.2 Å². The molecule has 0 aliphatic rings. The Kier molecular flexibility index (Phi) is 6.22. The van der Waals surface area contributed by atoms with Gasteiger partial charge >= 0.3 is 12.1 Å². The Hall–Kier alpha value is -2.16. The van der Waals surface area contributed by atoms with Gasteiger partial charge in [0.2, 0.25) is 0 Å². The SMILES string of the molecule is CCOC(=O)c1c(C(F)(F)F)nc(C(F)F)c(Sc2ccccc2)c1C. The first-order valence-corrected chi connectivity index (χ1v) is 8.28. The van der Waals surface area contributed by atoms with Crippen molar-refractivity contribution in [3.05, 3.63) is 52.8 Å². The number of carbonyl (C=O) groups excluding carboxylic acids is 1. The first-order valence-electron chi connectivity index (χ1n) is 7.46. The quantitative estimate of drug-likeness (QED) is 0.486. The van der Waals surface area contributed by atoms with E-state index in [0.29, 0.717) is 4.90 Å². The van der Waals surface area contributed by atoms with E-state index in [1.165, 1.54) is 13.8 Å². The number of ether oxygens (including phenoxy) is 1. The third-order valence-corrected chi connectivity index (χ3v) is 4.56. The summed E-state index contributed by atoms with van der Waals surface area (Å²) in [5.41, 5.74) is -3.77. The molecule has 2 aromatic rings. The highest BCUT2D eigenvalue weighted by atomic mass is 32.2. The maximum atomic E-state index is 13.4. The molecule has 0 aliphatic heterocycles. The van der Waals surface area contributed by atoms with E-state index >= 15 is 0 Å². The summed E-state index contributed by atoms with van der Waals surface area (Å²) in [7, 11) is 0. The number of carbonyl (C=O) groups is 1. The summed E-state index contributed by atoms with van der Waals surface area (Å²) < 4.78 is 71.4. The molecule has 140 valence electrons. The number of esters is 1. The van der Waals surface area contributed by atoms with E-state index in [9.17, 15) is 26.7 Å². The molecule has 2 rings (SSSR count). The molecule has 0 bridgehead atoms. The van der Waals surface area contributed by atoms with Crippen LogP contribution in [0.25, 0.3) is 0 Å². The molecule has 0 fully saturated rings. The maximum Gasteiger partial charge on any atom is 0.434 e. The molecule has 0 saturated heterocycles. The highest BCUT2D eigenvalue weighted by Crippen LogP contribution is 2.42. The van der Waals surface area contributed by atoms with Crippen LogP contribution in [-0.2, 0) is 10.9 Å². The average molecular weight is 391 g/mol. The molecule has 0 radical (unpaired) electrons. The van der Waals surface area contributed by atoms with E-state index in [4.69, 9.17) is 0 Å². The molecule has 0 unspecified atom stereocenters. The van der Waals surface area contributed by atoms with Crippen molar-refractivity contribution < 1.29 is 31.5 Å². The number of hydrogen-bond acceptors (Lipinski definition) is 4. The zero-order chi connectivity index (χ0) is 19.5. The fourth-order valence-electron chi connectivity index (χ4n) is 2.25. The van der Waals surface area contributed by atoms with E-state index in [0.717, 1.165) is 11.8 Å². The Morgan fingerprint density at radius 1 is 1.23 bits per heavy atom. The Bertz CT molecular complexity index is 794. The van der Waals surface area contributed by atoms with Gasteiger partial charge in [-0.05, 0) is 31.5 Å². The minimum absolute atomic E-state index is 0.159. The van der Waals surface area contributed by atoms with Crippen LogP contribution >= 0.6 is 11.8 Å². The molecule has 1 aromatic heterocycles. The summed E-state index contributed by atoms with van der Waals surface area (Å²) >= 11 is 0.821. The van der Waals surface area contributed by atoms with Crippen molar-refractivity contribution in [3.63, 3.8) is 0 Å². The van der Waals surface area contributed by atoms with Crippen molar-refractivity contribution in [2.45, 2.75) is 36.2 Å². The highest BCUT2D eigenvalue weighted by molar-refractivity contribution is 7.99. The van der Waals surface area contributed by atoms with Crippen LogP contribution in [-0.4, -0.2) is 17.6 Å². The number of alkyl halides is 5.